The van der Waals surface area contributed by atoms with Crippen LogP contribution in [0.3, 0.4) is 0 Å². The quantitative estimate of drug-likeness (QED) is 0.899. The topological polar surface area (TPSA) is 40.5 Å². The minimum absolute atomic E-state index is 0.0413. The summed E-state index contributed by atoms with van der Waals surface area (Å²) in [4.78, 5) is 14.2. The molecule has 0 aliphatic rings. The summed E-state index contributed by atoms with van der Waals surface area (Å²) in [6, 6.07) is 9.24. The molecule has 3 nitrogen and oxygen atoms in total. The van der Waals surface area contributed by atoms with Gasteiger partial charge in [-0.2, -0.15) is 0 Å². The predicted molar refractivity (Wildman–Crippen MR) is 86.9 cm³/mol. The Balaban J connectivity index is 2.73. The van der Waals surface area contributed by atoms with Gasteiger partial charge in [0.2, 0.25) is 5.91 Å². The Morgan fingerprint density at radius 1 is 1.19 bits per heavy atom. The maximum absolute atomic E-state index is 12.5. The number of benzene rings is 1. The van der Waals surface area contributed by atoms with Crippen molar-refractivity contribution in [1.82, 2.24) is 4.90 Å². The first-order chi connectivity index (χ1) is 9.63. The van der Waals surface area contributed by atoms with Crippen molar-refractivity contribution in [1.29, 1.82) is 0 Å². The molecule has 0 aromatic heterocycles. The molecule has 1 N–H and O–H groups in total. The number of rotatable bonds is 5. The number of amides is 1. The van der Waals surface area contributed by atoms with E-state index >= 15 is 0 Å². The maximum Gasteiger partial charge on any atom is 0.225 e. The Morgan fingerprint density at radius 2 is 1.71 bits per heavy atom. The van der Waals surface area contributed by atoms with Crippen LogP contribution in [0.2, 0.25) is 0 Å². The Labute approximate surface area is 129 Å². The summed E-state index contributed by atoms with van der Waals surface area (Å²) in [6.07, 6.45) is 0.173. The second-order valence-corrected chi connectivity index (χ2v) is 7.21. The molecule has 1 aromatic carbocycles. The number of carbonyl (C=O) groups excluding carboxylic acids is 1. The normalized spacial score (nSPS) is 16.1. The molecule has 0 bridgehead atoms. The highest BCUT2D eigenvalue weighted by atomic mass is 16.3. The Kier molecular flexibility index (Phi) is 5.97. The van der Waals surface area contributed by atoms with Crippen LogP contribution in [-0.2, 0) is 4.79 Å². The molecular weight excluding hydrogens is 262 g/mol. The van der Waals surface area contributed by atoms with E-state index in [1.165, 1.54) is 0 Å². The molecule has 0 radical (unpaired) electrons. The van der Waals surface area contributed by atoms with Crippen LogP contribution in [0.25, 0.3) is 0 Å². The highest BCUT2D eigenvalue weighted by molar-refractivity contribution is 5.78. The fourth-order valence-corrected chi connectivity index (χ4v) is 2.69. The largest absolute Gasteiger partial charge is 0.386 e. The molecule has 0 spiro atoms. The van der Waals surface area contributed by atoms with E-state index in [1.807, 2.05) is 44.2 Å². The van der Waals surface area contributed by atoms with Crippen molar-refractivity contribution in [3.8, 4) is 0 Å². The van der Waals surface area contributed by atoms with Gasteiger partial charge in [-0.3, -0.25) is 4.79 Å². The zero-order valence-corrected chi connectivity index (χ0v) is 14.1. The summed E-state index contributed by atoms with van der Waals surface area (Å²) in [6.45, 7) is 10.3. The Morgan fingerprint density at radius 3 is 2.19 bits per heavy atom. The van der Waals surface area contributed by atoms with Crippen molar-refractivity contribution < 1.29 is 9.90 Å². The van der Waals surface area contributed by atoms with Crippen LogP contribution in [0.15, 0.2) is 30.3 Å². The summed E-state index contributed by atoms with van der Waals surface area (Å²) in [5.41, 5.74) is 0.963. The van der Waals surface area contributed by atoms with Crippen LogP contribution in [0, 0.1) is 11.3 Å². The van der Waals surface area contributed by atoms with Crippen LogP contribution < -0.4 is 0 Å². The summed E-state index contributed by atoms with van der Waals surface area (Å²) < 4.78 is 0. The van der Waals surface area contributed by atoms with Gasteiger partial charge in [0.25, 0.3) is 0 Å². The second kappa shape index (κ2) is 7.08. The van der Waals surface area contributed by atoms with Gasteiger partial charge in [0.05, 0.1) is 12.1 Å². The Bertz CT molecular complexity index is 450. The molecule has 21 heavy (non-hydrogen) atoms. The van der Waals surface area contributed by atoms with Gasteiger partial charge in [0.15, 0.2) is 0 Å². The zero-order chi connectivity index (χ0) is 16.2. The van der Waals surface area contributed by atoms with E-state index < -0.39 is 6.10 Å². The van der Waals surface area contributed by atoms with Crippen LogP contribution >= 0.6 is 0 Å². The van der Waals surface area contributed by atoms with Crippen molar-refractivity contribution in [2.24, 2.45) is 11.3 Å². The first kappa shape index (κ1) is 17.7. The highest BCUT2D eigenvalue weighted by Gasteiger charge is 2.29. The molecule has 1 aromatic rings. The van der Waals surface area contributed by atoms with E-state index in [0.29, 0.717) is 0 Å². The van der Waals surface area contributed by atoms with E-state index in [-0.39, 0.29) is 23.3 Å². The van der Waals surface area contributed by atoms with Gasteiger partial charge in [-0.25, -0.2) is 0 Å². The van der Waals surface area contributed by atoms with Gasteiger partial charge in [0, 0.05) is 13.0 Å². The molecule has 0 saturated carbocycles. The fraction of sp³-hybridized carbons (Fsp3) is 0.611. The summed E-state index contributed by atoms with van der Waals surface area (Å²) in [7, 11) is 1.78. The van der Waals surface area contributed by atoms with Gasteiger partial charge in [0.1, 0.15) is 0 Å². The van der Waals surface area contributed by atoms with Crippen LogP contribution in [0.5, 0.6) is 0 Å². The van der Waals surface area contributed by atoms with E-state index in [2.05, 4.69) is 20.8 Å². The number of hydrogen-bond acceptors (Lipinski definition) is 2. The number of likely N-dealkylation sites (N-methyl/N-ethyl adjacent to an activating group) is 1. The summed E-state index contributed by atoms with van der Waals surface area (Å²) in [5.74, 6) is 0.0489. The maximum atomic E-state index is 12.5. The molecule has 118 valence electrons. The van der Waals surface area contributed by atoms with Gasteiger partial charge in [-0.15, -0.1) is 0 Å². The molecule has 0 aliphatic heterocycles. The third-order valence-electron chi connectivity index (χ3n) is 3.90. The first-order valence-corrected chi connectivity index (χ1v) is 7.63. The predicted octanol–water partition coefficient (Wildman–Crippen LogP) is 3.64. The third-order valence-corrected chi connectivity index (χ3v) is 3.90. The molecule has 0 saturated heterocycles. The average molecular weight is 291 g/mol. The van der Waals surface area contributed by atoms with Crippen LogP contribution in [0.1, 0.15) is 52.7 Å². The molecule has 0 fully saturated rings. The molecule has 1 rings (SSSR count). The third kappa shape index (κ3) is 5.16. The van der Waals surface area contributed by atoms with E-state index in [1.54, 1.807) is 11.9 Å². The summed E-state index contributed by atoms with van der Waals surface area (Å²) in [5, 5.41) is 10.4. The van der Waals surface area contributed by atoms with Crippen molar-refractivity contribution in [3.63, 3.8) is 0 Å². The first-order valence-electron chi connectivity index (χ1n) is 7.63. The lowest BCUT2D eigenvalue weighted by Crippen LogP contribution is -2.42. The highest BCUT2D eigenvalue weighted by Crippen LogP contribution is 2.27. The minimum Gasteiger partial charge on any atom is -0.386 e. The van der Waals surface area contributed by atoms with Gasteiger partial charge >= 0.3 is 0 Å². The summed E-state index contributed by atoms with van der Waals surface area (Å²) >= 11 is 0. The standard InChI is InChI=1S/C18H29NO2/c1-13(12-18(3,4)5)17(21)19(6)14(2)16(20)15-10-8-7-9-11-15/h7-11,13-14,16,20H,12H2,1-6H3/t13-,14-,16+/m0/s1. The number of nitrogens with zero attached hydrogens (tertiary/aromatic N) is 1. The minimum atomic E-state index is -0.665. The van der Waals surface area contributed by atoms with Crippen molar-refractivity contribution in [2.45, 2.75) is 53.2 Å². The fourth-order valence-electron chi connectivity index (χ4n) is 2.69. The van der Waals surface area contributed by atoms with Gasteiger partial charge in [-0.1, -0.05) is 58.0 Å². The van der Waals surface area contributed by atoms with Crippen molar-refractivity contribution >= 4 is 5.91 Å². The number of carbonyl (C=O) groups is 1. The molecule has 0 unspecified atom stereocenters. The lowest BCUT2D eigenvalue weighted by molar-refractivity contribution is -0.138. The molecule has 3 heteroatoms. The van der Waals surface area contributed by atoms with E-state index in [4.69, 9.17) is 0 Å². The van der Waals surface area contributed by atoms with Crippen molar-refractivity contribution in [2.75, 3.05) is 7.05 Å². The molecule has 3 atom stereocenters. The van der Waals surface area contributed by atoms with Crippen LogP contribution in [-0.4, -0.2) is 29.0 Å². The number of aliphatic hydroxyl groups is 1. The van der Waals surface area contributed by atoms with E-state index in [9.17, 15) is 9.90 Å². The van der Waals surface area contributed by atoms with Gasteiger partial charge in [-0.05, 0) is 24.3 Å². The number of hydrogen-bond donors (Lipinski definition) is 1. The smallest absolute Gasteiger partial charge is 0.225 e. The van der Waals surface area contributed by atoms with E-state index in [0.717, 1.165) is 12.0 Å². The monoisotopic (exact) mass is 291 g/mol. The SMILES string of the molecule is C[C@@H](CC(C)(C)C)C(=O)N(C)[C@@H](C)[C@@H](O)c1ccccc1. The zero-order valence-electron chi connectivity index (χ0n) is 14.1. The number of aliphatic hydroxyl groups excluding tert-OH is 1. The lowest BCUT2D eigenvalue weighted by Gasteiger charge is -2.33. The molecule has 0 heterocycles. The van der Waals surface area contributed by atoms with Crippen LogP contribution in [0.4, 0.5) is 0 Å². The molecule has 1 amide bonds. The molecular formula is C18H29NO2. The second-order valence-electron chi connectivity index (χ2n) is 7.21. The molecule has 0 aliphatic carbocycles. The average Bonchev–Trinajstić information content (AvgIpc) is 2.43. The van der Waals surface area contributed by atoms with Crippen molar-refractivity contribution in [3.05, 3.63) is 35.9 Å². The van der Waals surface area contributed by atoms with Gasteiger partial charge < -0.3 is 10.0 Å². The Hall–Kier alpha value is -1.35. The lowest BCUT2D eigenvalue weighted by atomic mass is 9.84.